The molecule has 21 heavy (non-hydrogen) atoms. The van der Waals surface area contributed by atoms with Crippen molar-refractivity contribution in [1.29, 1.82) is 0 Å². The number of hydrogen-bond acceptors (Lipinski definition) is 3. The van der Waals surface area contributed by atoms with Gasteiger partial charge in [-0.3, -0.25) is 4.18 Å². The van der Waals surface area contributed by atoms with E-state index in [2.05, 4.69) is 13.8 Å². The lowest BCUT2D eigenvalue weighted by molar-refractivity contribution is 0.0657. The van der Waals surface area contributed by atoms with Crippen LogP contribution in [-0.4, -0.2) is 17.8 Å². The van der Waals surface area contributed by atoms with E-state index in [1.165, 1.54) is 12.8 Å². The first-order valence-corrected chi connectivity index (χ1v) is 9.46. The van der Waals surface area contributed by atoms with Crippen molar-refractivity contribution in [3.8, 4) is 0 Å². The minimum atomic E-state index is -1.86. The van der Waals surface area contributed by atoms with Crippen LogP contribution >= 0.6 is 10.6 Å². The van der Waals surface area contributed by atoms with Crippen molar-refractivity contribution >= 4 is 16.6 Å². The molecule has 1 unspecified atom stereocenters. The number of carbonyl (C=O) groups excluding carboxylic acids is 1. The minimum absolute atomic E-state index is 0.190. The maximum atomic E-state index is 12.2. The van der Waals surface area contributed by atoms with E-state index in [1.807, 2.05) is 24.3 Å². The highest BCUT2D eigenvalue weighted by atomic mass is 32.3. The van der Waals surface area contributed by atoms with Gasteiger partial charge >= 0.3 is 5.97 Å². The molecule has 4 atom stereocenters. The number of hydrogen-bond donors (Lipinski definition) is 0. The summed E-state index contributed by atoms with van der Waals surface area (Å²) in [5.41, 5.74) is 1.24. The summed E-state index contributed by atoms with van der Waals surface area (Å²) in [5, 5.41) is 0. The Hall–Kier alpha value is -1.00. The second kappa shape index (κ2) is 3.49. The summed E-state index contributed by atoms with van der Waals surface area (Å²) >= 11 is 0. The monoisotopic (exact) mass is 304 g/mol. The fourth-order valence-corrected chi connectivity index (χ4v) is 8.97. The Bertz CT molecular complexity index is 670. The molecule has 0 aromatic heterocycles. The minimum Gasteiger partial charge on any atom is -0.344 e. The van der Waals surface area contributed by atoms with Crippen molar-refractivity contribution in [3.63, 3.8) is 0 Å². The van der Waals surface area contributed by atoms with Gasteiger partial charge in [0.25, 0.3) is 0 Å². The summed E-state index contributed by atoms with van der Waals surface area (Å²) in [6.45, 7) is 4.80. The van der Waals surface area contributed by atoms with E-state index >= 15 is 0 Å². The SMILES string of the molecule is CC1(C)[C@@H]2CC[C@]13CS1(OC(=O)c4ccccc41)O[C@@H]3C2. The Morgan fingerprint density at radius 3 is 2.86 bits per heavy atom. The van der Waals surface area contributed by atoms with Gasteiger partial charge in [0.05, 0.1) is 22.3 Å². The quantitative estimate of drug-likeness (QED) is 0.724. The third-order valence-electron chi connectivity index (χ3n) is 6.73. The Morgan fingerprint density at radius 1 is 1.29 bits per heavy atom. The fourth-order valence-electron chi connectivity index (χ4n) is 5.33. The molecule has 1 saturated heterocycles. The van der Waals surface area contributed by atoms with Crippen molar-refractivity contribution < 1.29 is 13.2 Å². The largest absolute Gasteiger partial charge is 0.361 e. The highest BCUT2D eigenvalue weighted by molar-refractivity contribution is 8.26. The molecule has 0 N–H and O–H groups in total. The lowest BCUT2D eigenvalue weighted by atomic mass is 9.70. The maximum absolute atomic E-state index is 12.2. The second-order valence-corrected chi connectivity index (χ2v) is 9.88. The average molecular weight is 304 g/mol. The van der Waals surface area contributed by atoms with Crippen molar-refractivity contribution in [2.45, 2.75) is 44.1 Å². The van der Waals surface area contributed by atoms with Crippen molar-refractivity contribution in [2.24, 2.45) is 16.7 Å². The molecular weight excluding hydrogens is 284 g/mol. The van der Waals surface area contributed by atoms with Gasteiger partial charge < -0.3 is 4.18 Å². The lowest BCUT2D eigenvalue weighted by Gasteiger charge is -2.39. The third-order valence-corrected chi connectivity index (χ3v) is 9.61. The van der Waals surface area contributed by atoms with Gasteiger partial charge in [0.2, 0.25) is 0 Å². The molecule has 2 aliphatic heterocycles. The normalized spacial score (nSPS) is 48.0. The number of rotatable bonds is 0. The zero-order chi connectivity index (χ0) is 14.5. The van der Waals surface area contributed by atoms with E-state index in [-0.39, 0.29) is 17.5 Å². The molecule has 2 heterocycles. The first kappa shape index (κ1) is 12.5. The predicted octanol–water partition coefficient (Wildman–Crippen LogP) is 4.08. The molecule has 1 aromatic rings. The molecule has 0 amide bonds. The molecule has 3 nitrogen and oxygen atoms in total. The molecule has 2 bridgehead atoms. The van der Waals surface area contributed by atoms with Gasteiger partial charge in [0, 0.05) is 5.41 Å². The first-order chi connectivity index (χ1) is 9.99. The van der Waals surface area contributed by atoms with Crippen molar-refractivity contribution in [2.75, 3.05) is 5.75 Å². The molecule has 0 radical (unpaired) electrons. The van der Waals surface area contributed by atoms with E-state index in [0.29, 0.717) is 5.41 Å². The van der Waals surface area contributed by atoms with E-state index in [9.17, 15) is 4.79 Å². The summed E-state index contributed by atoms with van der Waals surface area (Å²) in [7, 11) is -1.86. The number of fused-ring (bicyclic) bond motifs is 3. The number of carbonyl (C=O) groups is 1. The molecule has 2 spiro atoms. The molecular formula is C17H20O3S. The molecule has 4 heteroatoms. The summed E-state index contributed by atoms with van der Waals surface area (Å²) in [5.74, 6) is 1.49. The highest BCUT2D eigenvalue weighted by Crippen LogP contribution is 2.81. The first-order valence-electron chi connectivity index (χ1n) is 7.81. The van der Waals surface area contributed by atoms with Gasteiger partial charge in [-0.05, 0) is 42.7 Å². The van der Waals surface area contributed by atoms with Crippen LogP contribution in [0.2, 0.25) is 0 Å². The summed E-state index contributed by atoms with van der Waals surface area (Å²) in [4.78, 5) is 13.3. The zero-order valence-corrected chi connectivity index (χ0v) is 13.2. The van der Waals surface area contributed by atoms with E-state index in [0.717, 1.165) is 28.6 Å². The van der Waals surface area contributed by atoms with Gasteiger partial charge in [-0.15, -0.1) is 10.6 Å². The van der Waals surface area contributed by atoms with Crippen LogP contribution in [0.4, 0.5) is 0 Å². The number of benzene rings is 1. The van der Waals surface area contributed by atoms with Crippen LogP contribution in [-0.2, 0) is 8.37 Å². The maximum Gasteiger partial charge on any atom is 0.361 e. The molecule has 2 aliphatic carbocycles. The van der Waals surface area contributed by atoms with Crippen LogP contribution in [0, 0.1) is 16.7 Å². The fraction of sp³-hybridized carbons (Fsp3) is 0.588. The van der Waals surface area contributed by atoms with Gasteiger partial charge in [0.15, 0.2) is 0 Å². The molecule has 1 aromatic carbocycles. The Kier molecular flexibility index (Phi) is 2.08. The summed E-state index contributed by atoms with van der Waals surface area (Å²) < 4.78 is 12.4. The van der Waals surface area contributed by atoms with Crippen molar-refractivity contribution in [3.05, 3.63) is 29.8 Å². The van der Waals surface area contributed by atoms with Crippen LogP contribution < -0.4 is 0 Å². The highest BCUT2D eigenvalue weighted by Gasteiger charge is 2.71. The second-order valence-electron chi connectivity index (χ2n) is 7.56. The van der Waals surface area contributed by atoms with Crippen LogP contribution in [0.1, 0.15) is 43.5 Å². The Labute approximate surface area is 126 Å². The standard InChI is InChI=1S/C17H20O3S/c1-16(2)11-7-8-17(16)10-21(19-14(17)9-11)13-6-4-3-5-12(13)15(18)20-21/h3-6,11,14H,7-10H2,1-2H3/t11-,14-,17-/m1/s1. The van der Waals surface area contributed by atoms with E-state index in [1.54, 1.807) is 0 Å². The molecule has 5 rings (SSSR count). The summed E-state index contributed by atoms with van der Waals surface area (Å²) in [6, 6.07) is 7.80. The van der Waals surface area contributed by atoms with Crippen LogP contribution in [0.3, 0.4) is 0 Å². The smallest absolute Gasteiger partial charge is 0.344 e. The van der Waals surface area contributed by atoms with Gasteiger partial charge in [-0.2, -0.15) is 0 Å². The molecule has 4 aliphatic rings. The zero-order valence-electron chi connectivity index (χ0n) is 12.4. The van der Waals surface area contributed by atoms with Crippen LogP contribution in [0.25, 0.3) is 0 Å². The molecule has 2 saturated carbocycles. The lowest BCUT2D eigenvalue weighted by Crippen LogP contribution is -2.37. The summed E-state index contributed by atoms with van der Waals surface area (Å²) in [6.07, 6.45) is 3.95. The van der Waals surface area contributed by atoms with Gasteiger partial charge in [-0.1, -0.05) is 26.0 Å². The van der Waals surface area contributed by atoms with Gasteiger partial charge in [0.1, 0.15) is 0 Å². The molecule has 112 valence electrons. The van der Waals surface area contributed by atoms with Crippen LogP contribution in [0.15, 0.2) is 29.2 Å². The third kappa shape index (κ3) is 1.22. The topological polar surface area (TPSA) is 35.5 Å². The van der Waals surface area contributed by atoms with Crippen LogP contribution in [0.5, 0.6) is 0 Å². The van der Waals surface area contributed by atoms with E-state index in [4.69, 9.17) is 8.37 Å². The average Bonchev–Trinajstić information content (AvgIpc) is 3.08. The van der Waals surface area contributed by atoms with Gasteiger partial charge in [-0.25, -0.2) is 4.79 Å². The Morgan fingerprint density at radius 2 is 2.10 bits per heavy atom. The molecule has 3 fully saturated rings. The Balaban J connectivity index is 1.65. The predicted molar refractivity (Wildman–Crippen MR) is 81.0 cm³/mol. The van der Waals surface area contributed by atoms with E-state index < -0.39 is 10.6 Å². The van der Waals surface area contributed by atoms with Crippen molar-refractivity contribution in [1.82, 2.24) is 0 Å².